The first-order valence-corrected chi connectivity index (χ1v) is 17.5. The lowest BCUT2D eigenvalue weighted by Crippen LogP contribution is -2.61. The summed E-state index contributed by atoms with van der Waals surface area (Å²) >= 11 is 3.06. The fraction of sp³-hybridized carbons (Fsp3) is 0.559. The highest BCUT2D eigenvalue weighted by molar-refractivity contribution is 9.10. The third kappa shape index (κ3) is 7.60. The summed E-state index contributed by atoms with van der Waals surface area (Å²) in [4.78, 5) is 47.6. The molecule has 3 atom stereocenters. The number of piperazine rings is 1. The lowest BCUT2D eigenvalue weighted by Gasteiger charge is -2.48. The van der Waals surface area contributed by atoms with E-state index in [1.165, 1.54) is 17.0 Å². The summed E-state index contributed by atoms with van der Waals surface area (Å²) in [5, 5.41) is 18.9. The zero-order valence-corrected chi connectivity index (χ0v) is 28.3. The number of urea groups is 1. The third-order valence-electron chi connectivity index (χ3n) is 10.5. The van der Waals surface area contributed by atoms with E-state index in [-0.39, 0.29) is 41.8 Å². The van der Waals surface area contributed by atoms with E-state index in [0.717, 1.165) is 56.3 Å². The predicted molar refractivity (Wildman–Crippen MR) is 175 cm³/mol. The molecule has 0 bridgehead atoms. The number of carbonyl (C=O) groups is 3. The third-order valence-corrected chi connectivity index (χ3v) is 11.1. The van der Waals surface area contributed by atoms with E-state index >= 15 is 0 Å². The van der Waals surface area contributed by atoms with E-state index < -0.39 is 29.8 Å². The molecule has 0 aromatic heterocycles. The molecule has 2 N–H and O–H groups in total. The van der Waals surface area contributed by atoms with Crippen molar-refractivity contribution in [3.05, 3.63) is 63.6 Å². The van der Waals surface area contributed by atoms with Crippen molar-refractivity contribution < 1.29 is 32.7 Å². The van der Waals surface area contributed by atoms with Crippen LogP contribution in [0.4, 0.5) is 28.4 Å². The Morgan fingerprint density at radius 1 is 0.958 bits per heavy atom. The lowest BCUT2D eigenvalue weighted by atomic mass is 9.82. The Morgan fingerprint density at radius 2 is 1.67 bits per heavy atom. The van der Waals surface area contributed by atoms with Crippen molar-refractivity contribution in [1.82, 2.24) is 24.9 Å². The predicted octanol–water partition coefficient (Wildman–Crippen LogP) is 3.79. The molecule has 4 amide bonds. The Labute approximate surface area is 286 Å². The van der Waals surface area contributed by atoms with Gasteiger partial charge in [-0.15, -0.1) is 0 Å². The van der Waals surface area contributed by atoms with Crippen molar-refractivity contribution in [2.45, 2.75) is 62.8 Å². The fourth-order valence-electron chi connectivity index (χ4n) is 7.90. The number of carbonyl (C=O) groups excluding carboxylic acids is 3. The summed E-state index contributed by atoms with van der Waals surface area (Å²) in [7, 11) is 0. The maximum atomic E-state index is 14.5. The van der Waals surface area contributed by atoms with Crippen molar-refractivity contribution in [3.8, 4) is 0 Å². The molecule has 48 heavy (non-hydrogen) atoms. The average Bonchev–Trinajstić information content (AvgIpc) is 3.24. The number of amides is 4. The number of piperidine rings is 2. The maximum absolute atomic E-state index is 14.5. The molecule has 4 aliphatic heterocycles. The first-order chi connectivity index (χ1) is 23.0. The molecule has 0 saturated carbocycles. The van der Waals surface area contributed by atoms with E-state index in [9.17, 15) is 32.7 Å². The number of hydrogen-bond acceptors (Lipinski definition) is 6. The number of rotatable bonds is 6. The summed E-state index contributed by atoms with van der Waals surface area (Å²) in [6, 6.07) is 10.2. The van der Waals surface area contributed by atoms with Crippen LogP contribution >= 0.6 is 15.9 Å². The van der Waals surface area contributed by atoms with Gasteiger partial charge in [0.15, 0.2) is 0 Å². The number of alkyl halides is 3. The number of anilines is 1. The van der Waals surface area contributed by atoms with E-state index in [0.29, 0.717) is 44.1 Å². The highest BCUT2D eigenvalue weighted by Crippen LogP contribution is 2.37. The molecular formula is C34H41BrF3N6O4-. The molecule has 3 saturated heterocycles. The van der Waals surface area contributed by atoms with Gasteiger partial charge in [0.25, 0.3) is 0 Å². The molecule has 4 heterocycles. The largest absolute Gasteiger partial charge is 0.530 e. The summed E-state index contributed by atoms with van der Waals surface area (Å²) in [6.45, 7) is 5.26. The number of fused-ring (bicyclic) bond motifs is 1. The van der Waals surface area contributed by atoms with E-state index in [4.69, 9.17) is 0 Å². The van der Waals surface area contributed by atoms with Gasteiger partial charge in [0.1, 0.15) is 6.09 Å². The van der Waals surface area contributed by atoms with Gasteiger partial charge < -0.3 is 35.2 Å². The normalized spacial score (nSPS) is 23.7. The second-order valence-corrected chi connectivity index (χ2v) is 14.1. The zero-order valence-electron chi connectivity index (χ0n) is 26.7. The van der Waals surface area contributed by atoms with Crippen LogP contribution in [0.3, 0.4) is 0 Å². The number of benzene rings is 2. The highest BCUT2D eigenvalue weighted by Gasteiger charge is 2.43. The monoisotopic (exact) mass is 733 g/mol. The minimum Gasteiger partial charge on any atom is -0.530 e. The van der Waals surface area contributed by atoms with Gasteiger partial charge in [-0.05, 0) is 67.9 Å². The van der Waals surface area contributed by atoms with Crippen LogP contribution < -0.4 is 15.7 Å². The van der Waals surface area contributed by atoms with Crippen LogP contribution in [0, 0.1) is 5.92 Å². The van der Waals surface area contributed by atoms with Gasteiger partial charge in [0.05, 0.1) is 11.5 Å². The van der Waals surface area contributed by atoms with E-state index in [1.807, 2.05) is 24.3 Å². The van der Waals surface area contributed by atoms with Crippen LogP contribution in [0.1, 0.15) is 42.4 Å². The van der Waals surface area contributed by atoms with Gasteiger partial charge in [-0.3, -0.25) is 9.69 Å². The summed E-state index contributed by atoms with van der Waals surface area (Å²) in [6.07, 6.45) is -3.17. The zero-order chi connectivity index (χ0) is 34.0. The van der Waals surface area contributed by atoms with Crippen LogP contribution in [0.2, 0.25) is 0 Å². The van der Waals surface area contributed by atoms with E-state index in [2.05, 4.69) is 31.5 Å². The van der Waals surface area contributed by atoms with Gasteiger partial charge >= 0.3 is 12.2 Å². The molecule has 14 heteroatoms. The van der Waals surface area contributed by atoms with Gasteiger partial charge in [-0.25, -0.2) is 4.79 Å². The first-order valence-electron chi connectivity index (χ1n) is 16.7. The summed E-state index contributed by atoms with van der Waals surface area (Å²) in [5.41, 5.74) is 1.39. The first kappa shape index (κ1) is 34.5. The number of nitrogens with zero attached hydrogens (tertiary/aromatic N) is 4. The number of nitrogens with one attached hydrogen (secondary N) is 2. The molecule has 2 unspecified atom stereocenters. The quantitative estimate of drug-likeness (QED) is 0.468. The van der Waals surface area contributed by atoms with Gasteiger partial charge in [-0.2, -0.15) is 13.2 Å². The standard InChI is InChI=1S/C34H42BrF3N6O4/c35-28-20-22(5-6-27(28)34(36,37)38)19-26(31(45)42-13-8-24(9-14-42)41-17-11-39-12-18-41)30-21-25(10-16-44(30)33(47)48)43-15-7-23-3-1-2-4-29(23)40-32(43)46/h1-6,20,24-26,30,39H,7-19,21H2,(H,40,46)(H,47,48)/p-1/t25?,26?,30-/m1/s1. The number of halogens is 4. The van der Waals surface area contributed by atoms with Gasteiger partial charge in [-0.1, -0.05) is 40.2 Å². The van der Waals surface area contributed by atoms with Crippen LogP contribution in [-0.2, 0) is 23.8 Å². The van der Waals surface area contributed by atoms with Gasteiger partial charge in [0, 0.05) is 80.6 Å². The molecule has 0 aliphatic carbocycles. The van der Waals surface area contributed by atoms with Crippen LogP contribution in [0.15, 0.2) is 46.9 Å². The topological polar surface area (TPSA) is 111 Å². The molecule has 2 aromatic carbocycles. The second kappa shape index (κ2) is 14.6. The fourth-order valence-corrected chi connectivity index (χ4v) is 8.55. The molecule has 0 spiro atoms. The van der Waals surface area contributed by atoms with Crippen molar-refractivity contribution in [3.63, 3.8) is 0 Å². The average molecular weight is 735 g/mol. The molecule has 260 valence electrons. The SMILES string of the molecule is O=C(C(Cc1ccc(C(F)(F)F)c(Br)c1)[C@H]1CC(N2CCc3ccccc3NC2=O)CCN1C(=O)[O-])N1CCC(N2CCNCC2)CC1. The van der Waals surface area contributed by atoms with Crippen molar-refractivity contribution >= 4 is 39.6 Å². The minimum atomic E-state index is -4.56. The Bertz CT molecular complexity index is 1500. The maximum Gasteiger partial charge on any atom is 0.417 e. The highest BCUT2D eigenvalue weighted by atomic mass is 79.9. The molecule has 4 aliphatic rings. The molecule has 2 aromatic rings. The molecule has 3 fully saturated rings. The molecule has 0 radical (unpaired) electrons. The van der Waals surface area contributed by atoms with E-state index in [1.54, 1.807) is 9.80 Å². The van der Waals surface area contributed by atoms with Gasteiger partial charge in [0.2, 0.25) is 5.91 Å². The number of hydrogen-bond donors (Lipinski definition) is 2. The number of para-hydroxylation sites is 1. The van der Waals surface area contributed by atoms with Crippen LogP contribution in [0.25, 0.3) is 0 Å². The smallest absolute Gasteiger partial charge is 0.417 e. The lowest BCUT2D eigenvalue weighted by molar-refractivity contribution is -0.270. The van der Waals surface area contributed by atoms with Crippen molar-refractivity contribution in [1.29, 1.82) is 0 Å². The number of likely N-dealkylation sites (tertiary alicyclic amines) is 2. The Hall–Kier alpha value is -3.36. The van der Waals surface area contributed by atoms with Crippen LogP contribution in [-0.4, -0.2) is 108 Å². The minimum absolute atomic E-state index is 0.0338. The molecule has 10 nitrogen and oxygen atoms in total. The Morgan fingerprint density at radius 3 is 2.35 bits per heavy atom. The summed E-state index contributed by atoms with van der Waals surface area (Å²) < 4.78 is 40.5. The number of carboxylic acid groups (broad SMARTS) is 1. The van der Waals surface area contributed by atoms with Crippen LogP contribution in [0.5, 0.6) is 0 Å². The summed E-state index contributed by atoms with van der Waals surface area (Å²) in [5.74, 6) is -1.12. The van der Waals surface area contributed by atoms with Crippen molar-refractivity contribution in [2.75, 3.05) is 57.7 Å². The Balaban J connectivity index is 1.27. The second-order valence-electron chi connectivity index (χ2n) is 13.2. The molecular weight excluding hydrogens is 693 g/mol. The molecule has 6 rings (SSSR count). The Kier molecular flexibility index (Phi) is 10.5. The van der Waals surface area contributed by atoms with Crippen molar-refractivity contribution in [2.24, 2.45) is 5.92 Å².